The van der Waals surface area contributed by atoms with Crippen molar-refractivity contribution in [2.24, 2.45) is 0 Å². The summed E-state index contributed by atoms with van der Waals surface area (Å²) in [5.41, 5.74) is 1.70. The van der Waals surface area contributed by atoms with E-state index in [-0.39, 0.29) is 4.21 Å². The van der Waals surface area contributed by atoms with Crippen LogP contribution in [-0.4, -0.2) is 13.4 Å². The molecule has 0 fully saturated rings. The molecule has 3 aromatic rings. The fraction of sp³-hybridized carbons (Fsp3) is 0.0833. The fourth-order valence-electron chi connectivity index (χ4n) is 1.75. The van der Waals surface area contributed by atoms with Gasteiger partial charge in [0.1, 0.15) is 9.73 Å². The van der Waals surface area contributed by atoms with Gasteiger partial charge < -0.3 is 4.42 Å². The van der Waals surface area contributed by atoms with Crippen LogP contribution in [0.5, 0.6) is 0 Å². The Morgan fingerprint density at radius 2 is 2.10 bits per heavy atom. The van der Waals surface area contributed by atoms with E-state index in [1.54, 1.807) is 37.3 Å². The quantitative estimate of drug-likeness (QED) is 0.759. The summed E-state index contributed by atoms with van der Waals surface area (Å²) < 4.78 is 33.3. The van der Waals surface area contributed by atoms with Crippen LogP contribution in [-0.2, 0) is 10.0 Å². The molecule has 0 aliphatic carbocycles. The summed E-state index contributed by atoms with van der Waals surface area (Å²) in [6.45, 7) is 1.74. The van der Waals surface area contributed by atoms with Crippen molar-refractivity contribution in [2.45, 2.75) is 11.1 Å². The van der Waals surface area contributed by atoms with Crippen LogP contribution < -0.4 is 4.72 Å². The van der Waals surface area contributed by atoms with Crippen molar-refractivity contribution >= 4 is 54.1 Å². The van der Waals surface area contributed by atoms with E-state index in [9.17, 15) is 8.42 Å². The first-order valence-electron chi connectivity index (χ1n) is 5.59. The van der Waals surface area contributed by atoms with Crippen LogP contribution in [0, 0.1) is 6.92 Å². The third-order valence-electron chi connectivity index (χ3n) is 2.56. The Labute approximate surface area is 127 Å². The highest BCUT2D eigenvalue weighted by atomic mass is 79.9. The molecule has 0 aliphatic rings. The molecule has 104 valence electrons. The average molecular weight is 373 g/mol. The number of sulfonamides is 1. The molecule has 0 atom stereocenters. The zero-order valence-corrected chi connectivity index (χ0v) is 13.5. The van der Waals surface area contributed by atoms with E-state index in [2.05, 4.69) is 25.6 Å². The summed E-state index contributed by atoms with van der Waals surface area (Å²) >= 11 is 4.40. The molecule has 0 unspecified atom stereocenters. The molecular formula is C12H9BrN2O3S2. The van der Waals surface area contributed by atoms with Crippen LogP contribution in [0.25, 0.3) is 11.1 Å². The second kappa shape index (κ2) is 4.87. The number of thiophene rings is 1. The Balaban J connectivity index is 1.96. The SMILES string of the molecule is Cc1nc2cc(NS(=O)(=O)c3ccc(Br)s3)ccc2o1. The van der Waals surface area contributed by atoms with Crippen molar-refractivity contribution in [1.82, 2.24) is 4.98 Å². The van der Waals surface area contributed by atoms with E-state index < -0.39 is 10.0 Å². The van der Waals surface area contributed by atoms with E-state index in [0.717, 1.165) is 15.1 Å². The number of benzene rings is 1. The number of hydrogen-bond donors (Lipinski definition) is 1. The van der Waals surface area contributed by atoms with Crippen molar-refractivity contribution in [1.29, 1.82) is 0 Å². The van der Waals surface area contributed by atoms with Gasteiger partial charge in [0, 0.05) is 6.92 Å². The van der Waals surface area contributed by atoms with Crippen LogP contribution in [0.1, 0.15) is 5.89 Å². The highest BCUT2D eigenvalue weighted by molar-refractivity contribution is 9.11. The summed E-state index contributed by atoms with van der Waals surface area (Å²) in [4.78, 5) is 4.17. The molecule has 2 aromatic heterocycles. The highest BCUT2D eigenvalue weighted by Gasteiger charge is 2.17. The molecule has 20 heavy (non-hydrogen) atoms. The molecular weight excluding hydrogens is 364 g/mol. The number of aromatic nitrogens is 1. The lowest BCUT2D eigenvalue weighted by Crippen LogP contribution is -2.11. The minimum Gasteiger partial charge on any atom is -0.441 e. The van der Waals surface area contributed by atoms with Crippen molar-refractivity contribution < 1.29 is 12.8 Å². The standard InChI is InChI=1S/C12H9BrN2O3S2/c1-7-14-9-6-8(2-3-10(9)18-7)15-20(16,17)12-5-4-11(13)19-12/h2-6,15H,1H3. The lowest BCUT2D eigenvalue weighted by molar-refractivity contribution is 0.561. The molecule has 0 saturated carbocycles. The Morgan fingerprint density at radius 1 is 1.30 bits per heavy atom. The van der Waals surface area contributed by atoms with E-state index in [1.165, 1.54) is 0 Å². The number of hydrogen-bond acceptors (Lipinski definition) is 5. The maximum Gasteiger partial charge on any atom is 0.271 e. The summed E-state index contributed by atoms with van der Waals surface area (Å²) in [5, 5.41) is 0. The molecule has 8 heteroatoms. The van der Waals surface area contributed by atoms with Crippen molar-refractivity contribution in [3.63, 3.8) is 0 Å². The predicted octanol–water partition coefficient (Wildman–Crippen LogP) is 3.76. The van der Waals surface area contributed by atoms with Gasteiger partial charge >= 0.3 is 0 Å². The Kier molecular flexibility index (Phi) is 3.31. The highest BCUT2D eigenvalue weighted by Crippen LogP contribution is 2.28. The smallest absolute Gasteiger partial charge is 0.271 e. The molecule has 2 heterocycles. The van der Waals surface area contributed by atoms with Crippen molar-refractivity contribution in [3.05, 3.63) is 40.0 Å². The van der Waals surface area contributed by atoms with Gasteiger partial charge in [-0.2, -0.15) is 0 Å². The van der Waals surface area contributed by atoms with Gasteiger partial charge in [0.15, 0.2) is 11.5 Å². The minimum atomic E-state index is -3.57. The van der Waals surface area contributed by atoms with Crippen LogP contribution in [0.4, 0.5) is 5.69 Å². The molecule has 3 rings (SSSR count). The molecule has 0 aliphatic heterocycles. The first-order chi connectivity index (χ1) is 9.44. The lowest BCUT2D eigenvalue weighted by atomic mass is 10.3. The van der Waals surface area contributed by atoms with Crippen LogP contribution in [0.3, 0.4) is 0 Å². The second-order valence-corrected chi connectivity index (χ2v) is 8.45. The Bertz CT molecular complexity index is 883. The van der Waals surface area contributed by atoms with Gasteiger partial charge in [-0.15, -0.1) is 11.3 Å². The summed E-state index contributed by atoms with van der Waals surface area (Å²) in [6, 6.07) is 8.23. The number of nitrogens with zero attached hydrogens (tertiary/aromatic N) is 1. The molecule has 1 aromatic carbocycles. The lowest BCUT2D eigenvalue weighted by Gasteiger charge is -2.05. The summed E-state index contributed by atoms with van der Waals surface area (Å²) in [6.07, 6.45) is 0. The second-order valence-electron chi connectivity index (χ2n) is 4.08. The zero-order chi connectivity index (χ0) is 14.3. The van der Waals surface area contributed by atoms with E-state index in [4.69, 9.17) is 4.42 Å². The monoisotopic (exact) mass is 372 g/mol. The van der Waals surface area contributed by atoms with E-state index >= 15 is 0 Å². The zero-order valence-electron chi connectivity index (χ0n) is 10.3. The van der Waals surface area contributed by atoms with E-state index in [0.29, 0.717) is 22.7 Å². The number of aryl methyl sites for hydroxylation is 1. The molecule has 0 saturated heterocycles. The maximum absolute atomic E-state index is 12.2. The first kappa shape index (κ1) is 13.6. The normalized spacial score (nSPS) is 11.9. The third-order valence-corrected chi connectivity index (χ3v) is 6.06. The Morgan fingerprint density at radius 3 is 2.80 bits per heavy atom. The first-order valence-corrected chi connectivity index (χ1v) is 8.69. The fourth-order valence-corrected chi connectivity index (χ4v) is 4.81. The van der Waals surface area contributed by atoms with Gasteiger partial charge in [-0.25, -0.2) is 13.4 Å². The average Bonchev–Trinajstić information content (AvgIpc) is 2.93. The molecule has 0 radical (unpaired) electrons. The van der Waals surface area contributed by atoms with Gasteiger partial charge in [0.25, 0.3) is 10.0 Å². The number of nitrogens with one attached hydrogen (secondary N) is 1. The summed E-state index contributed by atoms with van der Waals surface area (Å²) in [5.74, 6) is 0.544. The molecule has 1 N–H and O–H groups in total. The Hall–Kier alpha value is -1.38. The van der Waals surface area contributed by atoms with Gasteiger partial charge in [-0.1, -0.05) is 0 Å². The van der Waals surface area contributed by atoms with Crippen molar-refractivity contribution in [2.75, 3.05) is 4.72 Å². The predicted molar refractivity (Wildman–Crippen MR) is 81.6 cm³/mol. The van der Waals surface area contributed by atoms with Gasteiger partial charge in [0.2, 0.25) is 0 Å². The topological polar surface area (TPSA) is 72.2 Å². The number of anilines is 1. The maximum atomic E-state index is 12.2. The van der Waals surface area contributed by atoms with Gasteiger partial charge in [-0.05, 0) is 46.3 Å². The van der Waals surface area contributed by atoms with Gasteiger partial charge in [0.05, 0.1) is 9.47 Å². The van der Waals surface area contributed by atoms with E-state index in [1.807, 2.05) is 0 Å². The molecule has 0 spiro atoms. The number of oxazole rings is 1. The van der Waals surface area contributed by atoms with Gasteiger partial charge in [-0.3, -0.25) is 4.72 Å². The number of fused-ring (bicyclic) bond motifs is 1. The van der Waals surface area contributed by atoms with Crippen LogP contribution >= 0.6 is 27.3 Å². The molecule has 0 bridgehead atoms. The molecule has 0 amide bonds. The number of halogens is 1. The third kappa shape index (κ3) is 2.58. The largest absolute Gasteiger partial charge is 0.441 e. The number of rotatable bonds is 3. The summed E-state index contributed by atoms with van der Waals surface area (Å²) in [7, 11) is -3.57. The van der Waals surface area contributed by atoms with Crippen LogP contribution in [0.2, 0.25) is 0 Å². The minimum absolute atomic E-state index is 0.251. The molecule has 5 nitrogen and oxygen atoms in total. The van der Waals surface area contributed by atoms with Crippen LogP contribution in [0.15, 0.2) is 42.7 Å². The van der Waals surface area contributed by atoms with Crippen molar-refractivity contribution in [3.8, 4) is 0 Å².